The first-order valence-electron chi connectivity index (χ1n) is 13.7. The molecular formula is C32H29N5O4. The monoisotopic (exact) mass is 547 g/mol. The highest BCUT2D eigenvalue weighted by Gasteiger charge is 2.70. The van der Waals surface area contributed by atoms with Crippen molar-refractivity contribution < 1.29 is 19.2 Å². The summed E-state index contributed by atoms with van der Waals surface area (Å²) in [7, 11) is 0. The van der Waals surface area contributed by atoms with Crippen LogP contribution in [0.4, 0.5) is 17.1 Å². The first-order chi connectivity index (χ1) is 19.7. The lowest BCUT2D eigenvalue weighted by molar-refractivity contribution is -0.130. The number of imide groups is 1. The molecule has 4 atom stereocenters. The van der Waals surface area contributed by atoms with E-state index in [4.69, 9.17) is 0 Å². The number of carbonyl (C=O) groups excluding carboxylic acids is 4. The molecule has 3 aromatic carbocycles. The van der Waals surface area contributed by atoms with Gasteiger partial charge in [0, 0.05) is 47.0 Å². The van der Waals surface area contributed by atoms with Crippen LogP contribution in [-0.2, 0) is 31.1 Å². The molecule has 1 aromatic heterocycles. The van der Waals surface area contributed by atoms with Crippen LogP contribution >= 0.6 is 0 Å². The third-order valence-corrected chi connectivity index (χ3v) is 8.73. The van der Waals surface area contributed by atoms with Crippen LogP contribution in [0.3, 0.4) is 0 Å². The summed E-state index contributed by atoms with van der Waals surface area (Å²) in [5, 5.41) is 10.3. The zero-order chi connectivity index (χ0) is 28.6. The number of rotatable bonds is 4. The minimum absolute atomic E-state index is 0.217. The molecule has 0 aliphatic carbocycles. The minimum Gasteiger partial charge on any atom is -0.361 e. The minimum atomic E-state index is -1.38. The van der Waals surface area contributed by atoms with Gasteiger partial charge in [-0.1, -0.05) is 35.9 Å². The van der Waals surface area contributed by atoms with Gasteiger partial charge in [-0.2, -0.15) is 0 Å². The van der Waals surface area contributed by atoms with Gasteiger partial charge in [0.15, 0.2) is 0 Å². The Morgan fingerprint density at radius 3 is 2.51 bits per heavy atom. The second-order valence-electron chi connectivity index (χ2n) is 11.3. The predicted octanol–water partition coefficient (Wildman–Crippen LogP) is 3.91. The molecule has 9 nitrogen and oxygen atoms in total. The molecule has 7 rings (SSSR count). The number of anilines is 3. The average molecular weight is 548 g/mol. The van der Waals surface area contributed by atoms with Crippen molar-refractivity contribution in [1.82, 2.24) is 10.3 Å². The van der Waals surface area contributed by atoms with E-state index < -0.39 is 29.3 Å². The molecule has 9 heteroatoms. The van der Waals surface area contributed by atoms with Crippen LogP contribution in [0.1, 0.15) is 29.2 Å². The Balaban J connectivity index is 1.35. The maximum absolute atomic E-state index is 14.3. The normalized spacial score (nSPS) is 24.7. The molecule has 0 radical (unpaired) electrons. The second-order valence-corrected chi connectivity index (χ2v) is 11.3. The predicted molar refractivity (Wildman–Crippen MR) is 155 cm³/mol. The Morgan fingerprint density at radius 1 is 1.00 bits per heavy atom. The van der Waals surface area contributed by atoms with Gasteiger partial charge in [-0.25, -0.2) is 4.90 Å². The molecule has 1 spiro atoms. The zero-order valence-corrected chi connectivity index (χ0v) is 22.9. The quantitative estimate of drug-likeness (QED) is 0.289. The molecule has 4 N–H and O–H groups in total. The van der Waals surface area contributed by atoms with E-state index >= 15 is 0 Å². The number of nitrogens with one attached hydrogen (secondary N) is 4. The van der Waals surface area contributed by atoms with Gasteiger partial charge in [0.1, 0.15) is 5.54 Å². The van der Waals surface area contributed by atoms with E-state index in [1.807, 2.05) is 56.4 Å². The molecule has 4 amide bonds. The first kappa shape index (κ1) is 25.2. The molecule has 0 bridgehead atoms. The molecular weight excluding hydrogens is 518 g/mol. The number of aromatic amines is 1. The summed E-state index contributed by atoms with van der Waals surface area (Å²) < 4.78 is 0. The Kier molecular flexibility index (Phi) is 5.46. The Morgan fingerprint density at radius 2 is 1.76 bits per heavy atom. The Labute approximate surface area is 236 Å². The lowest BCUT2D eigenvalue weighted by Gasteiger charge is -2.30. The van der Waals surface area contributed by atoms with Crippen LogP contribution in [0.25, 0.3) is 10.9 Å². The smallest absolute Gasteiger partial charge is 0.250 e. The number of amides is 4. The number of H-pyrrole nitrogens is 1. The molecule has 3 aliphatic heterocycles. The summed E-state index contributed by atoms with van der Waals surface area (Å²) in [6.45, 7) is 5.31. The fraction of sp³-hybridized carbons (Fsp3) is 0.250. The van der Waals surface area contributed by atoms with Crippen molar-refractivity contribution >= 4 is 51.6 Å². The van der Waals surface area contributed by atoms with E-state index in [2.05, 4.69) is 20.9 Å². The van der Waals surface area contributed by atoms with Gasteiger partial charge in [0.05, 0.1) is 17.5 Å². The van der Waals surface area contributed by atoms with Gasteiger partial charge in [0.2, 0.25) is 23.6 Å². The zero-order valence-electron chi connectivity index (χ0n) is 22.9. The molecule has 41 heavy (non-hydrogen) atoms. The van der Waals surface area contributed by atoms with Crippen LogP contribution in [0.2, 0.25) is 0 Å². The number of benzene rings is 3. The second kappa shape index (κ2) is 8.87. The highest BCUT2D eigenvalue weighted by molar-refractivity contribution is 6.26. The van der Waals surface area contributed by atoms with E-state index in [9.17, 15) is 19.2 Å². The van der Waals surface area contributed by atoms with E-state index in [-0.39, 0.29) is 17.7 Å². The maximum Gasteiger partial charge on any atom is 0.250 e. The van der Waals surface area contributed by atoms with E-state index in [1.54, 1.807) is 24.3 Å². The standard InChI is InChI=1S/C32H29N5O4/c1-16-12-17(2)28-23(13-16)32(31(41)35-28)27-26(25(36-32)14-19-15-33-24-7-5-4-6-22(19)24)29(39)37(30(27)40)21-10-8-20(9-11-21)34-18(3)38/h4-13,15,25-27,33,36H,14H2,1-3H3,(H,34,38)(H,35,41)/t25?,26-,27+,32?/m1/s1. The molecule has 4 aromatic rings. The fourth-order valence-electron chi connectivity index (χ4n) is 7.12. The van der Waals surface area contributed by atoms with Crippen LogP contribution in [0.15, 0.2) is 66.9 Å². The lowest BCUT2D eigenvalue weighted by Crippen LogP contribution is -2.53. The first-order valence-corrected chi connectivity index (χ1v) is 13.7. The number of fused-ring (bicyclic) bond motifs is 5. The largest absolute Gasteiger partial charge is 0.361 e. The van der Waals surface area contributed by atoms with Crippen molar-refractivity contribution in [2.75, 3.05) is 15.5 Å². The number of aryl methyl sites for hydroxylation is 2. The Bertz CT molecular complexity index is 1790. The summed E-state index contributed by atoms with van der Waals surface area (Å²) in [5.41, 5.74) is 4.85. The Hall–Kier alpha value is -4.76. The van der Waals surface area contributed by atoms with Gasteiger partial charge >= 0.3 is 0 Å². The third-order valence-electron chi connectivity index (χ3n) is 8.73. The van der Waals surface area contributed by atoms with Crippen LogP contribution in [-0.4, -0.2) is 34.7 Å². The van der Waals surface area contributed by atoms with Gasteiger partial charge in [-0.3, -0.25) is 24.5 Å². The molecule has 0 saturated carbocycles. The molecule has 2 fully saturated rings. The van der Waals surface area contributed by atoms with Crippen molar-refractivity contribution in [3.8, 4) is 0 Å². The van der Waals surface area contributed by atoms with Gasteiger partial charge in [0.25, 0.3) is 0 Å². The highest BCUT2D eigenvalue weighted by atomic mass is 16.2. The topological polar surface area (TPSA) is 123 Å². The van der Waals surface area contributed by atoms with Crippen molar-refractivity contribution in [1.29, 1.82) is 0 Å². The number of hydrogen-bond acceptors (Lipinski definition) is 5. The molecule has 3 aliphatic rings. The third kappa shape index (κ3) is 3.58. The fourth-order valence-corrected chi connectivity index (χ4v) is 7.12. The van der Waals surface area contributed by atoms with Crippen molar-refractivity contribution in [2.24, 2.45) is 11.8 Å². The summed E-state index contributed by atoms with van der Waals surface area (Å²) >= 11 is 0. The lowest BCUT2D eigenvalue weighted by atomic mass is 9.75. The van der Waals surface area contributed by atoms with E-state index in [0.29, 0.717) is 29.0 Å². The number of para-hydroxylation sites is 1. The summed E-state index contributed by atoms with van der Waals surface area (Å²) in [6, 6.07) is 18.0. The van der Waals surface area contributed by atoms with E-state index in [1.165, 1.54) is 11.8 Å². The number of nitrogens with zero attached hydrogens (tertiary/aromatic N) is 1. The van der Waals surface area contributed by atoms with Crippen molar-refractivity contribution in [3.63, 3.8) is 0 Å². The molecule has 2 unspecified atom stereocenters. The van der Waals surface area contributed by atoms with Gasteiger partial charge < -0.3 is 15.6 Å². The van der Waals surface area contributed by atoms with Gasteiger partial charge in [-0.05, 0) is 61.7 Å². The van der Waals surface area contributed by atoms with Crippen LogP contribution in [0.5, 0.6) is 0 Å². The number of aromatic nitrogens is 1. The summed E-state index contributed by atoms with van der Waals surface area (Å²) in [4.78, 5) is 58.5. The van der Waals surface area contributed by atoms with Gasteiger partial charge in [-0.15, -0.1) is 0 Å². The molecule has 206 valence electrons. The molecule has 2 saturated heterocycles. The number of hydrogen-bond donors (Lipinski definition) is 4. The number of carbonyl (C=O) groups is 4. The highest BCUT2D eigenvalue weighted by Crippen LogP contribution is 2.54. The maximum atomic E-state index is 14.3. The summed E-state index contributed by atoms with van der Waals surface area (Å²) in [5.74, 6) is -2.98. The van der Waals surface area contributed by atoms with Crippen LogP contribution < -0.4 is 20.9 Å². The SMILES string of the molecule is CC(=O)Nc1ccc(N2C(=O)[C@@H]3C(Cc4c[nH]c5ccccc45)NC4(C(=O)Nc5c(C)cc(C)cc54)[C@@H]3C2=O)cc1. The van der Waals surface area contributed by atoms with Crippen LogP contribution in [0, 0.1) is 25.7 Å². The van der Waals surface area contributed by atoms with Crippen molar-refractivity contribution in [2.45, 2.75) is 38.8 Å². The van der Waals surface area contributed by atoms with Crippen molar-refractivity contribution in [3.05, 3.63) is 89.1 Å². The summed E-state index contributed by atoms with van der Waals surface area (Å²) in [6.07, 6.45) is 2.39. The average Bonchev–Trinajstić information content (AvgIpc) is 3.64. The van der Waals surface area contributed by atoms with E-state index in [0.717, 1.165) is 27.6 Å². The molecule has 4 heterocycles.